The molecular weight excluding hydrogens is 319 g/mol. The van der Waals surface area contributed by atoms with Gasteiger partial charge in [0, 0.05) is 0 Å². The van der Waals surface area contributed by atoms with Crippen LogP contribution in [0.1, 0.15) is 38.5 Å². The van der Waals surface area contributed by atoms with Crippen LogP contribution in [0.5, 0.6) is 0 Å². The van der Waals surface area contributed by atoms with E-state index in [9.17, 15) is 0 Å². The van der Waals surface area contributed by atoms with Crippen molar-refractivity contribution < 1.29 is 9.47 Å². The van der Waals surface area contributed by atoms with Crippen LogP contribution < -0.4 is 0 Å². The quantitative estimate of drug-likeness (QED) is 0.431. The molecule has 0 aromatic carbocycles. The fourth-order valence-electron chi connectivity index (χ4n) is 1.70. The molecule has 2 nitrogen and oxygen atoms in total. The van der Waals surface area contributed by atoms with Crippen molar-refractivity contribution in [2.75, 3.05) is 13.2 Å². The number of ether oxygens (including phenoxy) is 2. The van der Waals surface area contributed by atoms with Gasteiger partial charge in [0.2, 0.25) is 0 Å². The molecule has 98 valence electrons. The van der Waals surface area contributed by atoms with Gasteiger partial charge >= 0.3 is 111 Å². The summed E-state index contributed by atoms with van der Waals surface area (Å²) in [7, 11) is 0. The predicted molar refractivity (Wildman–Crippen MR) is 74.5 cm³/mol. The van der Waals surface area contributed by atoms with Crippen LogP contribution in [-0.4, -0.2) is 37.9 Å². The van der Waals surface area contributed by atoms with Crippen molar-refractivity contribution in [2.45, 2.75) is 59.6 Å². The molecule has 0 amide bonds. The first-order valence-electron chi connectivity index (χ1n) is 6.81. The van der Waals surface area contributed by atoms with Crippen molar-refractivity contribution >= 4 is 18.4 Å². The molecule has 0 saturated carbocycles. The maximum absolute atomic E-state index is 5.67. The zero-order chi connectivity index (χ0) is 12.6. The van der Waals surface area contributed by atoms with Crippen molar-refractivity contribution in [3.05, 3.63) is 0 Å². The van der Waals surface area contributed by atoms with Crippen LogP contribution in [0.2, 0.25) is 14.8 Å². The second-order valence-electron chi connectivity index (χ2n) is 5.68. The molecule has 1 unspecified atom stereocenters. The predicted octanol–water partition coefficient (Wildman–Crippen LogP) is 3.58. The minimum atomic E-state index is -1.83. The third-order valence-corrected chi connectivity index (χ3v) is 5.25. The van der Waals surface area contributed by atoms with E-state index >= 15 is 0 Å². The molecule has 0 aliphatic carbocycles. The summed E-state index contributed by atoms with van der Waals surface area (Å²) in [6, 6.07) is 0. The molecule has 1 aliphatic rings. The average Bonchev–Trinajstić information content (AvgIpc) is 2.28. The number of hydrogen-bond acceptors (Lipinski definition) is 2. The van der Waals surface area contributed by atoms with Gasteiger partial charge in [-0.1, -0.05) is 0 Å². The van der Waals surface area contributed by atoms with E-state index in [1.807, 2.05) is 0 Å². The van der Waals surface area contributed by atoms with Crippen LogP contribution in [-0.2, 0) is 9.47 Å². The summed E-state index contributed by atoms with van der Waals surface area (Å²) in [5, 5.41) is 0. The standard InChI is InChI=1S/C11H17O2.3CH3.Sn/c1-2-3-4-6-9-12-11-8-5-7-10-13-11;;;;/h11H,3-10H2;3*1H3;. The van der Waals surface area contributed by atoms with Crippen LogP contribution in [0.15, 0.2) is 0 Å². The van der Waals surface area contributed by atoms with Crippen LogP contribution in [0.4, 0.5) is 0 Å². The van der Waals surface area contributed by atoms with E-state index < -0.39 is 18.4 Å². The molecule has 1 fully saturated rings. The Hall–Kier alpha value is 0.279. The Morgan fingerprint density at radius 3 is 2.71 bits per heavy atom. The zero-order valence-electron chi connectivity index (χ0n) is 11.6. The first kappa shape index (κ1) is 15.3. The molecule has 0 bridgehead atoms. The Labute approximate surface area is 110 Å². The third kappa shape index (κ3) is 8.93. The van der Waals surface area contributed by atoms with E-state index in [4.69, 9.17) is 9.47 Å². The second-order valence-corrected chi connectivity index (χ2v) is 19.2. The van der Waals surface area contributed by atoms with Crippen molar-refractivity contribution in [1.29, 1.82) is 0 Å². The van der Waals surface area contributed by atoms with Gasteiger partial charge in [-0.25, -0.2) is 0 Å². The van der Waals surface area contributed by atoms with Crippen molar-refractivity contribution in [3.63, 3.8) is 0 Å². The molecule has 0 spiro atoms. The van der Waals surface area contributed by atoms with Crippen LogP contribution in [0.3, 0.4) is 0 Å². The normalized spacial score (nSPS) is 20.8. The molecule has 1 heterocycles. The summed E-state index contributed by atoms with van der Waals surface area (Å²) in [4.78, 5) is 7.06. The Morgan fingerprint density at radius 2 is 2.06 bits per heavy atom. The first-order valence-corrected chi connectivity index (χ1v) is 16.8. The fourth-order valence-corrected chi connectivity index (χ4v) is 3.57. The Kier molecular flexibility index (Phi) is 7.57. The van der Waals surface area contributed by atoms with Gasteiger partial charge in [-0.2, -0.15) is 0 Å². The summed E-state index contributed by atoms with van der Waals surface area (Å²) in [6.07, 6.45) is 6.86. The van der Waals surface area contributed by atoms with E-state index in [2.05, 4.69) is 24.7 Å². The molecule has 17 heavy (non-hydrogen) atoms. The van der Waals surface area contributed by atoms with E-state index in [-0.39, 0.29) is 6.29 Å². The van der Waals surface area contributed by atoms with Crippen LogP contribution in [0.25, 0.3) is 0 Å². The first-order chi connectivity index (χ1) is 8.08. The SMILES string of the molecule is [CH3][Sn]([CH3])([CH3])[C]#CCCCCOC1CCCCO1. The van der Waals surface area contributed by atoms with Gasteiger partial charge in [0.1, 0.15) is 0 Å². The topological polar surface area (TPSA) is 18.5 Å². The van der Waals surface area contributed by atoms with Crippen LogP contribution >= 0.6 is 0 Å². The Morgan fingerprint density at radius 1 is 1.24 bits per heavy atom. The van der Waals surface area contributed by atoms with Gasteiger partial charge in [0.25, 0.3) is 0 Å². The number of rotatable bonds is 5. The molecule has 1 rings (SSSR count). The van der Waals surface area contributed by atoms with Crippen molar-refractivity contribution in [3.8, 4) is 9.86 Å². The number of hydrogen-bond donors (Lipinski definition) is 0. The molecule has 0 aromatic rings. The third-order valence-electron chi connectivity index (χ3n) is 2.60. The molecule has 0 N–H and O–H groups in total. The van der Waals surface area contributed by atoms with E-state index in [0.29, 0.717) is 0 Å². The van der Waals surface area contributed by atoms with Gasteiger partial charge in [0.05, 0.1) is 0 Å². The molecule has 1 saturated heterocycles. The van der Waals surface area contributed by atoms with Gasteiger partial charge in [-0.05, 0) is 0 Å². The molecule has 0 radical (unpaired) electrons. The van der Waals surface area contributed by atoms with E-state index in [1.54, 1.807) is 0 Å². The van der Waals surface area contributed by atoms with Gasteiger partial charge in [-0.3, -0.25) is 0 Å². The Bertz CT molecular complexity index is 254. The van der Waals surface area contributed by atoms with Gasteiger partial charge in [-0.15, -0.1) is 0 Å². The van der Waals surface area contributed by atoms with Crippen molar-refractivity contribution in [2.24, 2.45) is 0 Å². The van der Waals surface area contributed by atoms with E-state index in [0.717, 1.165) is 38.9 Å². The fraction of sp³-hybridized carbons (Fsp3) is 0.857. The van der Waals surface area contributed by atoms with Crippen molar-refractivity contribution in [1.82, 2.24) is 0 Å². The zero-order valence-corrected chi connectivity index (χ0v) is 14.4. The molecule has 1 aliphatic heterocycles. The second kappa shape index (κ2) is 8.39. The summed E-state index contributed by atoms with van der Waals surface area (Å²) < 4.78 is 14.6. The monoisotopic (exact) mass is 346 g/mol. The summed E-state index contributed by atoms with van der Waals surface area (Å²) in [5.74, 6) is 3.32. The molecular formula is C14H26O2Sn. The minimum absolute atomic E-state index is 0.0700. The summed E-state index contributed by atoms with van der Waals surface area (Å²) >= 11 is -1.83. The maximum atomic E-state index is 5.67. The number of unbranched alkanes of at least 4 members (excludes halogenated alkanes) is 2. The van der Waals surface area contributed by atoms with Crippen LogP contribution in [0, 0.1) is 9.86 Å². The van der Waals surface area contributed by atoms with E-state index in [1.165, 1.54) is 12.8 Å². The van der Waals surface area contributed by atoms with Gasteiger partial charge < -0.3 is 0 Å². The Balaban J connectivity index is 1.95. The summed E-state index contributed by atoms with van der Waals surface area (Å²) in [6.45, 7) is 1.69. The van der Waals surface area contributed by atoms with Gasteiger partial charge in [0.15, 0.2) is 0 Å². The molecule has 3 heteroatoms. The molecule has 1 atom stereocenters. The molecule has 0 aromatic heterocycles. The average molecular weight is 345 g/mol. The summed E-state index contributed by atoms with van der Waals surface area (Å²) in [5.41, 5.74) is 0.